The Kier molecular flexibility index (Phi) is 7.17. The molecule has 0 unspecified atom stereocenters. The maximum Gasteiger partial charge on any atom is 0.129 e. The maximum absolute atomic E-state index is 10.6. The Labute approximate surface area is 79.8 Å². The van der Waals surface area contributed by atoms with Crippen LogP contribution in [-0.4, -0.2) is 11.7 Å². The van der Waals surface area contributed by atoms with E-state index in [2.05, 4.69) is 6.08 Å². The summed E-state index contributed by atoms with van der Waals surface area (Å²) in [7, 11) is 0. The van der Waals surface area contributed by atoms with Gasteiger partial charge in [-0.1, -0.05) is 11.6 Å². The molecule has 0 aliphatic heterocycles. The molecule has 0 amide bonds. The van der Waals surface area contributed by atoms with E-state index in [1.54, 1.807) is 6.92 Å². The molecule has 0 bridgehead atoms. The largest absolute Gasteiger partial charge is 0.300 e. The van der Waals surface area contributed by atoms with Crippen molar-refractivity contribution in [1.29, 1.82) is 0 Å². The minimum atomic E-state index is 0.285. The van der Waals surface area contributed by atoms with Crippen molar-refractivity contribution in [3.63, 3.8) is 0 Å². The number of ketones is 1. The average molecular weight is 189 g/mol. The smallest absolute Gasteiger partial charge is 0.129 e. The van der Waals surface area contributed by atoms with Gasteiger partial charge in [0.25, 0.3) is 0 Å². The van der Waals surface area contributed by atoms with E-state index in [1.807, 2.05) is 6.92 Å². The average Bonchev–Trinajstić information content (AvgIpc) is 2.03. The summed E-state index contributed by atoms with van der Waals surface area (Å²) in [5.41, 5.74) is 1.22. The van der Waals surface area contributed by atoms with Crippen molar-refractivity contribution < 1.29 is 4.79 Å². The number of halogens is 1. The third kappa shape index (κ3) is 7.80. The summed E-state index contributed by atoms with van der Waals surface area (Å²) < 4.78 is 0. The Morgan fingerprint density at radius 1 is 1.33 bits per heavy atom. The normalized spacial score (nSPS) is 11.8. The Bertz CT molecular complexity index is 161. The van der Waals surface area contributed by atoms with Crippen molar-refractivity contribution in [2.45, 2.75) is 39.5 Å². The molecule has 0 fully saturated rings. The van der Waals surface area contributed by atoms with E-state index in [0.717, 1.165) is 19.3 Å². The molecular formula is C10H17ClO. The molecule has 0 atom stereocenters. The van der Waals surface area contributed by atoms with Crippen LogP contribution >= 0.6 is 11.6 Å². The van der Waals surface area contributed by atoms with Crippen LogP contribution in [0.3, 0.4) is 0 Å². The van der Waals surface area contributed by atoms with Crippen molar-refractivity contribution in [1.82, 2.24) is 0 Å². The monoisotopic (exact) mass is 188 g/mol. The minimum Gasteiger partial charge on any atom is -0.300 e. The van der Waals surface area contributed by atoms with Crippen LogP contribution in [-0.2, 0) is 4.79 Å². The molecule has 0 radical (unpaired) electrons. The summed E-state index contributed by atoms with van der Waals surface area (Å²) in [6.45, 7) is 3.66. The van der Waals surface area contributed by atoms with Gasteiger partial charge in [-0.15, -0.1) is 11.6 Å². The molecule has 0 aliphatic rings. The summed E-state index contributed by atoms with van der Waals surface area (Å²) >= 11 is 5.59. The first-order valence-electron chi connectivity index (χ1n) is 4.38. The van der Waals surface area contributed by atoms with E-state index in [9.17, 15) is 4.79 Å². The molecule has 0 rings (SSSR count). The molecule has 0 aromatic heterocycles. The van der Waals surface area contributed by atoms with Crippen LogP contribution in [0.5, 0.6) is 0 Å². The van der Waals surface area contributed by atoms with Gasteiger partial charge in [0, 0.05) is 12.3 Å². The van der Waals surface area contributed by atoms with Gasteiger partial charge in [0.1, 0.15) is 5.78 Å². The molecule has 0 heterocycles. The number of rotatable bonds is 6. The Balaban J connectivity index is 3.27. The Hall–Kier alpha value is -0.300. The first kappa shape index (κ1) is 11.7. The van der Waals surface area contributed by atoms with Crippen LogP contribution in [0.25, 0.3) is 0 Å². The highest BCUT2D eigenvalue weighted by Gasteiger charge is 1.92. The van der Waals surface area contributed by atoms with Crippen molar-refractivity contribution in [3.05, 3.63) is 11.6 Å². The molecule has 0 aromatic carbocycles. The molecule has 0 spiro atoms. The number of unbranched alkanes of at least 4 members (excludes halogenated alkanes) is 2. The van der Waals surface area contributed by atoms with Crippen molar-refractivity contribution in [2.24, 2.45) is 0 Å². The zero-order valence-corrected chi connectivity index (χ0v) is 8.66. The van der Waals surface area contributed by atoms with E-state index < -0.39 is 0 Å². The highest BCUT2D eigenvalue weighted by molar-refractivity contribution is 6.19. The van der Waals surface area contributed by atoms with Gasteiger partial charge in [-0.2, -0.15) is 0 Å². The number of carbonyl (C=O) groups is 1. The summed E-state index contributed by atoms with van der Waals surface area (Å²) in [5.74, 6) is 0.903. The summed E-state index contributed by atoms with van der Waals surface area (Å²) in [6, 6.07) is 0. The van der Waals surface area contributed by atoms with Gasteiger partial charge < -0.3 is 4.79 Å². The highest BCUT2D eigenvalue weighted by atomic mass is 35.5. The number of hydrogen-bond donors (Lipinski definition) is 0. The fourth-order valence-electron chi connectivity index (χ4n) is 0.921. The van der Waals surface area contributed by atoms with Gasteiger partial charge in [0.15, 0.2) is 0 Å². The lowest BCUT2D eigenvalue weighted by molar-refractivity contribution is -0.117. The van der Waals surface area contributed by atoms with E-state index >= 15 is 0 Å². The summed E-state index contributed by atoms with van der Waals surface area (Å²) in [4.78, 5) is 10.6. The van der Waals surface area contributed by atoms with Gasteiger partial charge in [0.05, 0.1) is 0 Å². The third-order valence-corrected chi connectivity index (χ3v) is 2.11. The van der Waals surface area contributed by atoms with E-state index in [4.69, 9.17) is 11.6 Å². The minimum absolute atomic E-state index is 0.285. The molecule has 0 aromatic rings. The Morgan fingerprint density at radius 3 is 2.50 bits per heavy atom. The van der Waals surface area contributed by atoms with Crippen LogP contribution in [0.4, 0.5) is 0 Å². The van der Waals surface area contributed by atoms with Gasteiger partial charge in [-0.3, -0.25) is 0 Å². The maximum atomic E-state index is 10.6. The molecule has 1 nitrogen and oxygen atoms in total. The van der Waals surface area contributed by atoms with Crippen LogP contribution in [0.2, 0.25) is 0 Å². The van der Waals surface area contributed by atoms with Crippen LogP contribution in [0.15, 0.2) is 11.6 Å². The predicted molar refractivity (Wildman–Crippen MR) is 53.6 cm³/mol. The quantitative estimate of drug-likeness (QED) is 0.355. The zero-order chi connectivity index (χ0) is 9.40. The predicted octanol–water partition coefficient (Wildman–Crippen LogP) is 3.32. The van der Waals surface area contributed by atoms with Gasteiger partial charge >= 0.3 is 0 Å². The Morgan fingerprint density at radius 2 is 2.00 bits per heavy atom. The van der Waals surface area contributed by atoms with Gasteiger partial charge in [-0.25, -0.2) is 0 Å². The van der Waals surface area contributed by atoms with Gasteiger partial charge in [-0.05, 0) is 33.1 Å². The van der Waals surface area contributed by atoms with Crippen molar-refractivity contribution in [2.75, 3.05) is 5.88 Å². The lowest BCUT2D eigenvalue weighted by atomic mass is 10.1. The zero-order valence-electron chi connectivity index (χ0n) is 7.90. The lowest BCUT2D eigenvalue weighted by Gasteiger charge is -1.95. The van der Waals surface area contributed by atoms with E-state index in [0.29, 0.717) is 12.3 Å². The van der Waals surface area contributed by atoms with Crippen molar-refractivity contribution >= 4 is 17.4 Å². The molecule has 12 heavy (non-hydrogen) atoms. The standard InChI is InChI=1S/C10H17ClO/c1-9(8-11)6-4-3-5-7-10(2)12/h6H,3-5,7-8H2,1-2H3. The van der Waals surface area contributed by atoms with Crippen molar-refractivity contribution in [3.8, 4) is 0 Å². The highest BCUT2D eigenvalue weighted by Crippen LogP contribution is 2.04. The molecule has 0 aliphatic carbocycles. The second-order valence-corrected chi connectivity index (χ2v) is 3.40. The second kappa shape index (κ2) is 7.35. The molecule has 0 saturated heterocycles. The van der Waals surface area contributed by atoms with Crippen LogP contribution in [0, 0.1) is 0 Å². The number of hydrogen-bond acceptors (Lipinski definition) is 1. The number of carbonyl (C=O) groups excluding carboxylic acids is 1. The number of alkyl halides is 1. The molecule has 0 N–H and O–H groups in total. The number of allylic oxidation sites excluding steroid dienone is 2. The van der Waals surface area contributed by atoms with E-state index in [1.165, 1.54) is 5.57 Å². The lowest BCUT2D eigenvalue weighted by Crippen LogP contribution is -1.88. The first-order valence-corrected chi connectivity index (χ1v) is 4.91. The summed E-state index contributed by atoms with van der Waals surface area (Å²) in [5, 5.41) is 0. The summed E-state index contributed by atoms with van der Waals surface area (Å²) in [6.07, 6.45) is 6.00. The first-order chi connectivity index (χ1) is 5.66. The SMILES string of the molecule is CC(=O)CCCCC=C(C)CCl. The fraction of sp³-hybridized carbons (Fsp3) is 0.700. The van der Waals surface area contributed by atoms with Gasteiger partial charge in [0.2, 0.25) is 0 Å². The molecular weight excluding hydrogens is 172 g/mol. The van der Waals surface area contributed by atoms with E-state index in [-0.39, 0.29) is 5.78 Å². The molecule has 0 saturated carbocycles. The second-order valence-electron chi connectivity index (χ2n) is 3.13. The van der Waals surface area contributed by atoms with Crippen LogP contribution < -0.4 is 0 Å². The van der Waals surface area contributed by atoms with Crippen LogP contribution in [0.1, 0.15) is 39.5 Å². The molecule has 2 heteroatoms. The topological polar surface area (TPSA) is 17.1 Å². The number of Topliss-reactive ketones (excluding diaryl/α,β-unsaturated/α-hetero) is 1. The third-order valence-electron chi connectivity index (χ3n) is 1.69. The molecule has 70 valence electrons. The fourth-order valence-corrected chi connectivity index (χ4v) is 1.03.